The zero-order chi connectivity index (χ0) is 14.9. The van der Waals surface area contributed by atoms with Crippen LogP contribution in [0.25, 0.3) is 0 Å². The lowest BCUT2D eigenvalue weighted by Gasteiger charge is -2.20. The molecular formula is C15H20ClNO3. The van der Waals surface area contributed by atoms with Crippen LogP contribution in [0.1, 0.15) is 43.4 Å². The molecule has 5 heteroatoms. The number of hydrogen-bond donors (Lipinski definition) is 2. The third-order valence-electron chi connectivity index (χ3n) is 3.79. The molecule has 110 valence electrons. The molecule has 20 heavy (non-hydrogen) atoms. The summed E-state index contributed by atoms with van der Waals surface area (Å²) < 4.78 is 5.55. The van der Waals surface area contributed by atoms with Gasteiger partial charge in [-0.2, -0.15) is 0 Å². The maximum Gasteiger partial charge on any atom is 0.307 e. The number of rotatable bonds is 4. The van der Waals surface area contributed by atoms with E-state index in [1.807, 2.05) is 12.1 Å². The number of carbonyl (C=O) groups is 1. The number of aliphatic carboxylic acids is 1. The van der Waals surface area contributed by atoms with Crippen LogP contribution in [-0.2, 0) is 4.79 Å². The highest BCUT2D eigenvalue weighted by atomic mass is 35.5. The van der Waals surface area contributed by atoms with Crippen LogP contribution in [-0.4, -0.2) is 24.7 Å². The maximum atomic E-state index is 11.1. The second kappa shape index (κ2) is 6.02. The Kier molecular flexibility index (Phi) is 4.55. The third-order valence-corrected chi connectivity index (χ3v) is 4.01. The Labute approximate surface area is 124 Å². The Balaban J connectivity index is 2.39. The summed E-state index contributed by atoms with van der Waals surface area (Å²) in [5, 5.41) is 13.0. The molecule has 0 aliphatic carbocycles. The van der Waals surface area contributed by atoms with Crippen molar-refractivity contribution in [3.63, 3.8) is 0 Å². The molecule has 1 aliphatic rings. The monoisotopic (exact) mass is 297 g/mol. The van der Waals surface area contributed by atoms with Crippen molar-refractivity contribution >= 4 is 17.6 Å². The summed E-state index contributed by atoms with van der Waals surface area (Å²) in [6.07, 6.45) is 0.559. The zero-order valence-corrected chi connectivity index (χ0v) is 12.7. The standard InChI is InChI=1S/C15H20ClNO3/c1-8(2)11-5-10(16)6-12(14(11)20-3)13-4-9(7-17-13)15(18)19/h5-6,8-9,13,17H,4,7H2,1-3H3,(H,18,19). The smallest absolute Gasteiger partial charge is 0.307 e. The number of nitrogens with one attached hydrogen (secondary N) is 1. The first-order valence-electron chi connectivity index (χ1n) is 6.77. The lowest BCUT2D eigenvalue weighted by molar-refractivity contribution is -0.141. The van der Waals surface area contributed by atoms with Crippen LogP contribution < -0.4 is 10.1 Å². The fraction of sp³-hybridized carbons (Fsp3) is 0.533. The van der Waals surface area contributed by atoms with Crippen molar-refractivity contribution in [1.82, 2.24) is 5.32 Å². The Morgan fingerprint density at radius 2 is 2.20 bits per heavy atom. The van der Waals surface area contributed by atoms with Gasteiger partial charge in [-0.05, 0) is 30.0 Å². The highest BCUT2D eigenvalue weighted by Crippen LogP contribution is 2.40. The van der Waals surface area contributed by atoms with Crippen molar-refractivity contribution in [2.24, 2.45) is 5.92 Å². The van der Waals surface area contributed by atoms with E-state index in [0.717, 1.165) is 16.9 Å². The number of hydrogen-bond acceptors (Lipinski definition) is 3. The molecule has 2 atom stereocenters. The first-order valence-corrected chi connectivity index (χ1v) is 7.15. The average molecular weight is 298 g/mol. The molecule has 1 aliphatic heterocycles. The van der Waals surface area contributed by atoms with Crippen LogP contribution in [0.5, 0.6) is 5.75 Å². The summed E-state index contributed by atoms with van der Waals surface area (Å²) in [5.41, 5.74) is 2.00. The fourth-order valence-electron chi connectivity index (χ4n) is 2.72. The topological polar surface area (TPSA) is 58.6 Å². The summed E-state index contributed by atoms with van der Waals surface area (Å²) in [6.45, 7) is 4.65. The predicted molar refractivity (Wildman–Crippen MR) is 78.6 cm³/mol. The molecule has 0 radical (unpaired) electrons. The molecule has 1 heterocycles. The molecule has 2 N–H and O–H groups in total. The first kappa shape index (κ1) is 15.1. The highest BCUT2D eigenvalue weighted by Gasteiger charge is 2.32. The first-order chi connectivity index (χ1) is 9.43. The molecule has 2 unspecified atom stereocenters. The van der Waals surface area contributed by atoms with Gasteiger partial charge in [0, 0.05) is 23.2 Å². The molecule has 1 aromatic rings. The van der Waals surface area contributed by atoms with Gasteiger partial charge < -0.3 is 15.2 Å². The van der Waals surface area contributed by atoms with Gasteiger partial charge >= 0.3 is 5.97 Å². The van der Waals surface area contributed by atoms with Crippen molar-refractivity contribution in [3.05, 3.63) is 28.3 Å². The molecular weight excluding hydrogens is 278 g/mol. The third kappa shape index (κ3) is 2.91. The van der Waals surface area contributed by atoms with E-state index in [1.165, 1.54) is 0 Å². The number of benzene rings is 1. The molecule has 4 nitrogen and oxygen atoms in total. The molecule has 0 bridgehead atoms. The van der Waals surface area contributed by atoms with Crippen LogP contribution in [0.2, 0.25) is 5.02 Å². The van der Waals surface area contributed by atoms with Gasteiger partial charge in [0.1, 0.15) is 5.75 Å². The lowest BCUT2D eigenvalue weighted by Crippen LogP contribution is -2.17. The van der Waals surface area contributed by atoms with E-state index in [0.29, 0.717) is 23.9 Å². The van der Waals surface area contributed by atoms with Gasteiger partial charge in [0.05, 0.1) is 13.0 Å². The van der Waals surface area contributed by atoms with Crippen molar-refractivity contribution in [2.75, 3.05) is 13.7 Å². The predicted octanol–water partition coefficient (Wildman–Crippen LogP) is 3.21. The minimum Gasteiger partial charge on any atom is -0.496 e. The molecule has 2 rings (SSSR count). The van der Waals surface area contributed by atoms with E-state index in [4.69, 9.17) is 21.4 Å². The van der Waals surface area contributed by atoms with Gasteiger partial charge in [0.2, 0.25) is 0 Å². The van der Waals surface area contributed by atoms with Gasteiger partial charge in [-0.15, -0.1) is 0 Å². The van der Waals surface area contributed by atoms with Gasteiger partial charge in [0.15, 0.2) is 0 Å². The number of halogens is 1. The Morgan fingerprint density at radius 3 is 2.70 bits per heavy atom. The van der Waals surface area contributed by atoms with E-state index in [1.54, 1.807) is 7.11 Å². The molecule has 0 spiro atoms. The lowest BCUT2D eigenvalue weighted by atomic mass is 9.93. The normalized spacial score (nSPS) is 22.2. The SMILES string of the molecule is COc1c(C(C)C)cc(Cl)cc1C1CC(C(=O)O)CN1. The van der Waals surface area contributed by atoms with Gasteiger partial charge in [-0.1, -0.05) is 25.4 Å². The molecule has 0 saturated carbocycles. The quantitative estimate of drug-likeness (QED) is 0.896. The molecule has 1 saturated heterocycles. The summed E-state index contributed by atoms with van der Waals surface area (Å²) in [7, 11) is 1.64. The van der Waals surface area contributed by atoms with Crippen LogP contribution in [0.3, 0.4) is 0 Å². The number of ether oxygens (including phenoxy) is 1. The van der Waals surface area contributed by atoms with Gasteiger partial charge in [-0.25, -0.2) is 0 Å². The number of methoxy groups -OCH3 is 1. The number of carboxylic acid groups (broad SMARTS) is 1. The molecule has 0 aromatic heterocycles. The van der Waals surface area contributed by atoms with Crippen LogP contribution in [0, 0.1) is 5.92 Å². The second-order valence-corrected chi connectivity index (χ2v) is 5.94. The highest BCUT2D eigenvalue weighted by molar-refractivity contribution is 6.30. The van der Waals surface area contributed by atoms with Gasteiger partial charge in [-0.3, -0.25) is 4.79 Å². The Hall–Kier alpha value is -1.26. The van der Waals surface area contributed by atoms with E-state index in [-0.39, 0.29) is 12.0 Å². The summed E-state index contributed by atoms with van der Waals surface area (Å²) >= 11 is 6.20. The van der Waals surface area contributed by atoms with Gasteiger partial charge in [0.25, 0.3) is 0 Å². The maximum absolute atomic E-state index is 11.1. The minimum atomic E-state index is -0.759. The summed E-state index contributed by atoms with van der Waals surface area (Å²) in [4.78, 5) is 11.1. The van der Waals surface area contributed by atoms with Crippen LogP contribution in [0.15, 0.2) is 12.1 Å². The summed E-state index contributed by atoms with van der Waals surface area (Å²) in [5.74, 6) is -0.0109. The molecule has 0 amide bonds. The van der Waals surface area contributed by atoms with Crippen LogP contribution in [0.4, 0.5) is 0 Å². The molecule has 1 fully saturated rings. The average Bonchev–Trinajstić information content (AvgIpc) is 2.87. The summed E-state index contributed by atoms with van der Waals surface area (Å²) in [6, 6.07) is 3.76. The fourth-order valence-corrected chi connectivity index (χ4v) is 2.96. The van der Waals surface area contributed by atoms with E-state index >= 15 is 0 Å². The van der Waals surface area contributed by atoms with Crippen molar-refractivity contribution in [3.8, 4) is 5.75 Å². The minimum absolute atomic E-state index is 0.0257. The van der Waals surface area contributed by atoms with Crippen molar-refractivity contribution < 1.29 is 14.6 Å². The molecule has 1 aromatic carbocycles. The Morgan fingerprint density at radius 1 is 1.50 bits per heavy atom. The Bertz CT molecular complexity index is 516. The zero-order valence-electron chi connectivity index (χ0n) is 11.9. The van der Waals surface area contributed by atoms with E-state index in [9.17, 15) is 4.79 Å². The van der Waals surface area contributed by atoms with Crippen LogP contribution >= 0.6 is 11.6 Å². The van der Waals surface area contributed by atoms with Crippen molar-refractivity contribution in [2.45, 2.75) is 32.2 Å². The van der Waals surface area contributed by atoms with E-state index < -0.39 is 5.97 Å². The number of carboxylic acids is 1. The largest absolute Gasteiger partial charge is 0.496 e. The van der Waals surface area contributed by atoms with Crippen molar-refractivity contribution in [1.29, 1.82) is 0 Å². The second-order valence-electron chi connectivity index (χ2n) is 5.50. The van der Waals surface area contributed by atoms with E-state index in [2.05, 4.69) is 19.2 Å².